The first kappa shape index (κ1) is 16.8. The third-order valence-corrected chi connectivity index (χ3v) is 4.66. The van der Waals surface area contributed by atoms with Crippen LogP contribution in [0.15, 0.2) is 11.1 Å². The Morgan fingerprint density at radius 1 is 1.32 bits per heavy atom. The van der Waals surface area contributed by atoms with Crippen molar-refractivity contribution in [1.29, 1.82) is 0 Å². The molecular weight excluding hydrogens is 274 g/mol. The van der Waals surface area contributed by atoms with E-state index in [-0.39, 0.29) is 0 Å². The van der Waals surface area contributed by atoms with Crippen molar-refractivity contribution in [2.45, 2.75) is 59.4 Å². The Kier molecular flexibility index (Phi) is 5.86. The van der Waals surface area contributed by atoms with Crippen LogP contribution in [0.2, 0.25) is 0 Å². The average Bonchev–Trinajstić information content (AvgIpc) is 3.04. The molecule has 0 spiro atoms. The minimum absolute atomic E-state index is 0.446. The highest BCUT2D eigenvalue weighted by molar-refractivity contribution is 5.79. The quantitative estimate of drug-likeness (QED) is 0.482. The van der Waals surface area contributed by atoms with E-state index < -0.39 is 0 Å². The second kappa shape index (κ2) is 7.65. The predicted octanol–water partition coefficient (Wildman–Crippen LogP) is 2.64. The van der Waals surface area contributed by atoms with Gasteiger partial charge in [0.05, 0.1) is 5.69 Å². The Labute approximate surface area is 134 Å². The van der Waals surface area contributed by atoms with Crippen molar-refractivity contribution in [3.63, 3.8) is 0 Å². The zero-order chi connectivity index (χ0) is 16.0. The molecule has 1 aliphatic rings. The zero-order valence-electron chi connectivity index (χ0n) is 14.6. The van der Waals surface area contributed by atoms with Crippen LogP contribution in [-0.2, 0) is 6.54 Å². The highest BCUT2D eigenvalue weighted by atomic mass is 15.3. The van der Waals surface area contributed by atoms with Crippen LogP contribution in [0.1, 0.15) is 50.4 Å². The summed E-state index contributed by atoms with van der Waals surface area (Å²) in [6.07, 6.45) is 6.43. The monoisotopic (exact) mass is 305 g/mol. The van der Waals surface area contributed by atoms with E-state index in [0.29, 0.717) is 5.41 Å². The summed E-state index contributed by atoms with van der Waals surface area (Å²) in [6.45, 7) is 9.40. The summed E-state index contributed by atoms with van der Waals surface area (Å²) in [5.74, 6) is 0.918. The molecule has 0 saturated heterocycles. The average molecular weight is 305 g/mol. The highest BCUT2D eigenvalue weighted by Crippen LogP contribution is 2.36. The van der Waals surface area contributed by atoms with Gasteiger partial charge in [-0.05, 0) is 44.6 Å². The van der Waals surface area contributed by atoms with Gasteiger partial charge in [-0.15, -0.1) is 0 Å². The molecule has 1 aromatic rings. The van der Waals surface area contributed by atoms with Crippen molar-refractivity contribution in [1.82, 2.24) is 20.4 Å². The van der Waals surface area contributed by atoms with Gasteiger partial charge in [0.15, 0.2) is 5.96 Å². The van der Waals surface area contributed by atoms with Gasteiger partial charge in [0.25, 0.3) is 0 Å². The summed E-state index contributed by atoms with van der Waals surface area (Å²) in [7, 11) is 1.84. The number of aryl methyl sites for hydroxylation is 3. The third kappa shape index (κ3) is 4.75. The van der Waals surface area contributed by atoms with Crippen molar-refractivity contribution >= 4 is 5.96 Å². The molecule has 1 aliphatic carbocycles. The molecule has 0 bridgehead atoms. The van der Waals surface area contributed by atoms with E-state index in [4.69, 9.17) is 0 Å². The topological polar surface area (TPSA) is 54.2 Å². The van der Waals surface area contributed by atoms with E-state index >= 15 is 0 Å². The summed E-state index contributed by atoms with van der Waals surface area (Å²) >= 11 is 0. The van der Waals surface area contributed by atoms with Crippen LogP contribution in [0.5, 0.6) is 0 Å². The minimum atomic E-state index is 0.446. The summed E-state index contributed by atoms with van der Waals surface area (Å²) in [4.78, 5) is 4.32. The number of rotatable bonds is 6. The maximum absolute atomic E-state index is 4.49. The summed E-state index contributed by atoms with van der Waals surface area (Å²) < 4.78 is 2.08. The highest BCUT2D eigenvalue weighted by Gasteiger charge is 2.28. The molecule has 0 aliphatic heterocycles. The van der Waals surface area contributed by atoms with Crippen LogP contribution in [-0.4, -0.2) is 35.9 Å². The molecule has 22 heavy (non-hydrogen) atoms. The van der Waals surface area contributed by atoms with E-state index in [2.05, 4.69) is 45.3 Å². The van der Waals surface area contributed by atoms with Gasteiger partial charge in [0.2, 0.25) is 0 Å². The van der Waals surface area contributed by atoms with Gasteiger partial charge in [-0.2, -0.15) is 5.10 Å². The summed E-state index contributed by atoms with van der Waals surface area (Å²) in [5.41, 5.74) is 2.77. The fraction of sp³-hybridized carbons (Fsp3) is 0.765. The molecular formula is C17H31N5. The SMILES string of the molecule is CN=C(NCCCn1nc(C)cc1C)NCC1(C)CCCC1. The van der Waals surface area contributed by atoms with Crippen molar-refractivity contribution in [3.05, 3.63) is 17.5 Å². The molecule has 2 N–H and O–H groups in total. The van der Waals surface area contributed by atoms with Gasteiger partial charge in [-0.3, -0.25) is 9.67 Å². The Morgan fingerprint density at radius 3 is 2.64 bits per heavy atom. The van der Waals surface area contributed by atoms with Gasteiger partial charge in [0, 0.05) is 32.4 Å². The van der Waals surface area contributed by atoms with Gasteiger partial charge in [-0.1, -0.05) is 19.8 Å². The van der Waals surface area contributed by atoms with E-state index in [1.807, 2.05) is 14.0 Å². The van der Waals surface area contributed by atoms with E-state index in [9.17, 15) is 0 Å². The van der Waals surface area contributed by atoms with Crippen molar-refractivity contribution < 1.29 is 0 Å². The van der Waals surface area contributed by atoms with Crippen LogP contribution in [0, 0.1) is 19.3 Å². The van der Waals surface area contributed by atoms with Gasteiger partial charge < -0.3 is 10.6 Å². The Balaban J connectivity index is 1.67. The lowest BCUT2D eigenvalue weighted by Gasteiger charge is -2.25. The van der Waals surface area contributed by atoms with Gasteiger partial charge in [-0.25, -0.2) is 0 Å². The first-order valence-electron chi connectivity index (χ1n) is 8.48. The maximum atomic E-state index is 4.49. The van der Waals surface area contributed by atoms with E-state index in [0.717, 1.165) is 37.7 Å². The summed E-state index contributed by atoms with van der Waals surface area (Å²) in [6, 6.07) is 2.12. The lowest BCUT2D eigenvalue weighted by Crippen LogP contribution is -2.42. The zero-order valence-corrected chi connectivity index (χ0v) is 14.6. The molecule has 1 heterocycles. The number of nitrogens with zero attached hydrogens (tertiary/aromatic N) is 3. The van der Waals surface area contributed by atoms with Crippen LogP contribution >= 0.6 is 0 Å². The molecule has 1 aromatic heterocycles. The lowest BCUT2D eigenvalue weighted by molar-refractivity contribution is 0.334. The molecule has 1 fully saturated rings. The molecule has 5 heteroatoms. The number of aliphatic imine (C=N–C) groups is 1. The van der Waals surface area contributed by atoms with Crippen molar-refractivity contribution in [2.75, 3.05) is 20.1 Å². The fourth-order valence-electron chi connectivity index (χ4n) is 3.26. The molecule has 124 valence electrons. The largest absolute Gasteiger partial charge is 0.356 e. The second-order valence-corrected chi connectivity index (χ2v) is 6.87. The number of hydrogen-bond donors (Lipinski definition) is 2. The molecule has 5 nitrogen and oxygen atoms in total. The van der Waals surface area contributed by atoms with Gasteiger partial charge in [0.1, 0.15) is 0 Å². The molecule has 0 unspecified atom stereocenters. The Bertz CT molecular complexity index is 497. The van der Waals surface area contributed by atoms with Crippen LogP contribution in [0.25, 0.3) is 0 Å². The number of hydrogen-bond acceptors (Lipinski definition) is 2. The standard InChI is InChI=1S/C17H31N5/c1-14-12-15(2)22(21-14)11-7-10-19-16(18-4)20-13-17(3)8-5-6-9-17/h12H,5-11,13H2,1-4H3,(H2,18,19,20). The van der Waals surface area contributed by atoms with E-state index in [1.165, 1.54) is 31.4 Å². The normalized spacial score (nSPS) is 17.7. The first-order chi connectivity index (χ1) is 10.5. The van der Waals surface area contributed by atoms with E-state index in [1.54, 1.807) is 0 Å². The molecule has 2 rings (SSSR count). The Morgan fingerprint density at radius 2 is 2.05 bits per heavy atom. The third-order valence-electron chi connectivity index (χ3n) is 4.66. The van der Waals surface area contributed by atoms with Crippen molar-refractivity contribution in [3.8, 4) is 0 Å². The molecule has 0 radical (unpaired) electrons. The maximum Gasteiger partial charge on any atom is 0.190 e. The Hall–Kier alpha value is -1.52. The molecule has 0 amide bonds. The number of aromatic nitrogens is 2. The van der Waals surface area contributed by atoms with Crippen LogP contribution in [0.4, 0.5) is 0 Å². The molecule has 0 aromatic carbocycles. The fourth-order valence-corrected chi connectivity index (χ4v) is 3.26. The van der Waals surface area contributed by atoms with Crippen LogP contribution in [0.3, 0.4) is 0 Å². The minimum Gasteiger partial charge on any atom is -0.356 e. The predicted molar refractivity (Wildman–Crippen MR) is 92.3 cm³/mol. The smallest absolute Gasteiger partial charge is 0.190 e. The molecule has 0 atom stereocenters. The number of guanidine groups is 1. The van der Waals surface area contributed by atoms with Crippen molar-refractivity contribution in [2.24, 2.45) is 10.4 Å². The second-order valence-electron chi connectivity index (χ2n) is 6.87. The van der Waals surface area contributed by atoms with Gasteiger partial charge >= 0.3 is 0 Å². The summed E-state index contributed by atoms with van der Waals surface area (Å²) in [5, 5.41) is 11.4. The number of nitrogens with one attached hydrogen (secondary N) is 2. The van der Waals surface area contributed by atoms with Crippen LogP contribution < -0.4 is 10.6 Å². The molecule has 1 saturated carbocycles. The lowest BCUT2D eigenvalue weighted by atomic mass is 9.89. The first-order valence-corrected chi connectivity index (χ1v) is 8.48.